The molecule has 3 aliphatic carbocycles. The summed E-state index contributed by atoms with van der Waals surface area (Å²) in [5.74, 6) is 1.14. The smallest absolute Gasteiger partial charge is 0.127 e. The minimum atomic E-state index is -1.14. The van der Waals surface area contributed by atoms with Crippen LogP contribution in [-0.2, 0) is 0 Å². The molecule has 37 heavy (non-hydrogen) atoms. The molecule has 0 aromatic rings. The van der Waals surface area contributed by atoms with Crippen molar-refractivity contribution in [2.45, 2.75) is 148 Å². The molecule has 3 nitrogen and oxygen atoms in total. The van der Waals surface area contributed by atoms with Gasteiger partial charge in [0.25, 0.3) is 0 Å². The van der Waals surface area contributed by atoms with E-state index in [1.807, 2.05) is 27.7 Å². The third-order valence-electron chi connectivity index (χ3n) is 10.1. The monoisotopic (exact) mass is 518 g/mol. The topological polar surface area (TPSA) is 60.7 Å². The zero-order valence-corrected chi connectivity index (χ0v) is 24.6. The Morgan fingerprint density at radius 1 is 0.973 bits per heavy atom. The van der Waals surface area contributed by atoms with Crippen LogP contribution in [0.5, 0.6) is 0 Å². The van der Waals surface area contributed by atoms with E-state index in [1.165, 1.54) is 31.3 Å². The molecule has 3 N–H and O–H groups in total. The number of fused-ring (bicyclic) bond motifs is 1. The molecule has 3 fully saturated rings. The van der Waals surface area contributed by atoms with Crippen molar-refractivity contribution in [2.75, 3.05) is 0 Å². The van der Waals surface area contributed by atoms with Crippen molar-refractivity contribution < 1.29 is 19.7 Å². The summed E-state index contributed by atoms with van der Waals surface area (Å²) in [5, 5.41) is 30.8. The van der Waals surface area contributed by atoms with Gasteiger partial charge in [-0.2, -0.15) is 0 Å². The third kappa shape index (κ3) is 7.79. The second kappa shape index (κ2) is 11.6. The van der Waals surface area contributed by atoms with E-state index in [0.717, 1.165) is 50.5 Å². The molecular weight excluding hydrogens is 463 g/mol. The maximum atomic E-state index is 14.3. The summed E-state index contributed by atoms with van der Waals surface area (Å²) in [6.07, 6.45) is 15.0. The van der Waals surface area contributed by atoms with Crippen LogP contribution in [0.2, 0.25) is 0 Å². The molecule has 5 atom stereocenters. The molecule has 3 aliphatic rings. The van der Waals surface area contributed by atoms with Crippen LogP contribution < -0.4 is 0 Å². The number of allylic oxidation sites excluding steroid dienone is 4. The van der Waals surface area contributed by atoms with Crippen molar-refractivity contribution in [1.29, 1.82) is 0 Å². The second-order valence-electron chi connectivity index (χ2n) is 14.5. The van der Waals surface area contributed by atoms with E-state index in [2.05, 4.69) is 32.6 Å². The molecule has 0 bridgehead atoms. The van der Waals surface area contributed by atoms with E-state index in [9.17, 15) is 19.7 Å². The molecule has 0 aliphatic heterocycles. The highest BCUT2D eigenvalue weighted by molar-refractivity contribution is 5.38. The number of alkyl halides is 1. The fraction of sp³-hybridized carbons (Fsp3) is 0.818. The van der Waals surface area contributed by atoms with Crippen LogP contribution in [0.15, 0.2) is 35.5 Å². The molecule has 0 heterocycles. The number of rotatable bonds is 10. The van der Waals surface area contributed by atoms with Crippen LogP contribution in [0.4, 0.5) is 4.39 Å². The zero-order valence-electron chi connectivity index (χ0n) is 24.6. The normalized spacial score (nSPS) is 33.8. The highest BCUT2D eigenvalue weighted by atomic mass is 19.1. The maximum Gasteiger partial charge on any atom is 0.127 e. The van der Waals surface area contributed by atoms with Crippen molar-refractivity contribution >= 4 is 0 Å². The van der Waals surface area contributed by atoms with Crippen molar-refractivity contribution in [1.82, 2.24) is 0 Å². The van der Waals surface area contributed by atoms with Crippen LogP contribution in [0, 0.1) is 22.7 Å². The SMILES string of the molecule is C=C1/C(=C\C=C2/CCC[C@@]3(C)C2CC[C@@H]3C(C)(CCCC(C)(C)O)CCCC(C)(C)O)C[C@@H](O)C[C@@H]1F. The molecule has 0 radical (unpaired) electrons. The largest absolute Gasteiger partial charge is 0.393 e. The Hall–Kier alpha value is -0.970. The van der Waals surface area contributed by atoms with E-state index in [4.69, 9.17) is 0 Å². The summed E-state index contributed by atoms with van der Waals surface area (Å²) in [4.78, 5) is 0. The van der Waals surface area contributed by atoms with Crippen LogP contribution in [0.25, 0.3) is 0 Å². The predicted octanol–water partition coefficient (Wildman–Crippen LogP) is 7.99. The Balaban J connectivity index is 1.83. The minimum absolute atomic E-state index is 0.161. The molecule has 3 rings (SSSR count). The summed E-state index contributed by atoms with van der Waals surface area (Å²) >= 11 is 0. The van der Waals surface area contributed by atoms with Gasteiger partial charge in [0.15, 0.2) is 0 Å². The first kappa shape index (κ1) is 30.6. The van der Waals surface area contributed by atoms with Crippen molar-refractivity contribution in [3.8, 4) is 0 Å². The lowest BCUT2D eigenvalue weighted by Gasteiger charge is -2.50. The average molecular weight is 519 g/mol. The molecule has 0 amide bonds. The fourth-order valence-electron chi connectivity index (χ4n) is 8.14. The Bertz CT molecular complexity index is 838. The Morgan fingerprint density at radius 2 is 1.57 bits per heavy atom. The number of aliphatic hydroxyl groups is 3. The number of hydrogen-bond acceptors (Lipinski definition) is 3. The van der Waals surface area contributed by atoms with Gasteiger partial charge in [0.1, 0.15) is 6.17 Å². The van der Waals surface area contributed by atoms with Gasteiger partial charge in [0.2, 0.25) is 0 Å². The minimum Gasteiger partial charge on any atom is -0.393 e. The number of aliphatic hydroxyl groups excluding tert-OH is 1. The Morgan fingerprint density at radius 3 is 2.14 bits per heavy atom. The summed E-state index contributed by atoms with van der Waals surface area (Å²) < 4.78 is 14.3. The maximum absolute atomic E-state index is 14.3. The van der Waals surface area contributed by atoms with Gasteiger partial charge in [-0.1, -0.05) is 51.0 Å². The molecule has 0 aromatic heterocycles. The van der Waals surface area contributed by atoms with E-state index < -0.39 is 23.5 Å². The van der Waals surface area contributed by atoms with Gasteiger partial charge in [-0.25, -0.2) is 4.39 Å². The van der Waals surface area contributed by atoms with Gasteiger partial charge in [-0.3, -0.25) is 0 Å². The van der Waals surface area contributed by atoms with Crippen LogP contribution in [-0.4, -0.2) is 38.8 Å². The molecule has 0 saturated heterocycles. The lowest BCUT2D eigenvalue weighted by atomic mass is 9.55. The van der Waals surface area contributed by atoms with E-state index >= 15 is 0 Å². The lowest BCUT2D eigenvalue weighted by Crippen LogP contribution is -2.41. The first-order chi connectivity index (χ1) is 17.0. The van der Waals surface area contributed by atoms with E-state index in [1.54, 1.807) is 0 Å². The summed E-state index contributed by atoms with van der Waals surface area (Å²) in [6, 6.07) is 0. The van der Waals surface area contributed by atoms with Crippen LogP contribution in [0.3, 0.4) is 0 Å². The van der Waals surface area contributed by atoms with Gasteiger partial charge in [0.05, 0.1) is 17.3 Å². The number of halogens is 1. The van der Waals surface area contributed by atoms with Gasteiger partial charge in [-0.15, -0.1) is 0 Å². The summed E-state index contributed by atoms with van der Waals surface area (Å²) in [5.41, 5.74) is 2.01. The third-order valence-corrected chi connectivity index (χ3v) is 10.1. The molecule has 212 valence electrons. The second-order valence-corrected chi connectivity index (χ2v) is 14.5. The van der Waals surface area contributed by atoms with Crippen molar-refractivity contribution in [2.24, 2.45) is 22.7 Å². The molecule has 3 saturated carbocycles. The fourth-order valence-corrected chi connectivity index (χ4v) is 8.14. The van der Waals surface area contributed by atoms with Gasteiger partial charge >= 0.3 is 0 Å². The first-order valence-corrected chi connectivity index (χ1v) is 14.9. The lowest BCUT2D eigenvalue weighted by molar-refractivity contribution is 0.00528. The molecule has 4 heteroatoms. The number of hydrogen-bond donors (Lipinski definition) is 3. The van der Waals surface area contributed by atoms with Gasteiger partial charge in [-0.05, 0) is 126 Å². The van der Waals surface area contributed by atoms with Gasteiger partial charge in [0, 0.05) is 6.42 Å². The summed E-state index contributed by atoms with van der Waals surface area (Å²) in [7, 11) is 0. The standard InChI is InChI=1S/C33H55FO3/c1-23-25(21-26(35)22-28(23)34)13-12-24-11-8-20-33(7)27(24)14-15-29(33)32(6,18-9-16-30(2,3)36)19-10-17-31(4,5)37/h12-13,26-29,35-37H,1,8-11,14-22H2,2-7H3/b24-12+,25-13-/t26-,27?,28+,29-,33+/m1/s1. The zero-order chi connectivity index (χ0) is 27.6. The molecule has 0 spiro atoms. The highest BCUT2D eigenvalue weighted by Crippen LogP contribution is 2.64. The van der Waals surface area contributed by atoms with Crippen molar-refractivity contribution in [3.63, 3.8) is 0 Å². The first-order valence-electron chi connectivity index (χ1n) is 14.9. The molecular formula is C33H55FO3. The average Bonchev–Trinajstić information content (AvgIpc) is 3.11. The van der Waals surface area contributed by atoms with Crippen LogP contribution in [0.1, 0.15) is 125 Å². The molecule has 1 unspecified atom stereocenters. The Labute approximate surface area is 226 Å². The van der Waals surface area contributed by atoms with E-state index in [0.29, 0.717) is 23.8 Å². The Kier molecular flexibility index (Phi) is 9.62. The van der Waals surface area contributed by atoms with Crippen molar-refractivity contribution in [3.05, 3.63) is 35.5 Å². The quantitative estimate of drug-likeness (QED) is 0.275. The van der Waals surface area contributed by atoms with Gasteiger partial charge < -0.3 is 15.3 Å². The summed E-state index contributed by atoms with van der Waals surface area (Å²) in [6.45, 7) is 16.6. The molecule has 0 aromatic carbocycles. The highest BCUT2D eigenvalue weighted by Gasteiger charge is 2.54. The van der Waals surface area contributed by atoms with E-state index in [-0.39, 0.29) is 17.3 Å². The predicted molar refractivity (Wildman–Crippen MR) is 152 cm³/mol. The van der Waals surface area contributed by atoms with Crippen LogP contribution >= 0.6 is 0 Å².